The van der Waals surface area contributed by atoms with E-state index in [9.17, 15) is 5.11 Å². The van der Waals surface area contributed by atoms with Crippen LogP contribution in [0.15, 0.2) is 35.9 Å². The molecule has 2 heteroatoms. The Labute approximate surface area is 134 Å². The molecule has 1 saturated heterocycles. The van der Waals surface area contributed by atoms with Crippen molar-refractivity contribution in [2.75, 3.05) is 19.6 Å². The lowest BCUT2D eigenvalue weighted by atomic mass is 9.59. The van der Waals surface area contributed by atoms with Crippen molar-refractivity contribution in [3.63, 3.8) is 0 Å². The van der Waals surface area contributed by atoms with Gasteiger partial charge in [0.05, 0.1) is 0 Å². The predicted molar refractivity (Wildman–Crippen MR) is 92.2 cm³/mol. The van der Waals surface area contributed by atoms with Crippen molar-refractivity contribution in [3.8, 4) is 5.75 Å². The topological polar surface area (TPSA) is 23.5 Å². The summed E-state index contributed by atoms with van der Waals surface area (Å²) in [4.78, 5) is 2.62. The highest BCUT2D eigenvalue weighted by Crippen LogP contribution is 2.49. The van der Waals surface area contributed by atoms with Gasteiger partial charge in [-0.25, -0.2) is 0 Å². The van der Waals surface area contributed by atoms with Crippen LogP contribution in [0.3, 0.4) is 0 Å². The molecule has 1 aliphatic heterocycles. The number of fused-ring (bicyclic) bond motifs is 1. The number of likely N-dealkylation sites (tertiary alicyclic amines) is 1. The summed E-state index contributed by atoms with van der Waals surface area (Å²) in [5.41, 5.74) is 3.09. The Balaban J connectivity index is 1.82. The third-order valence-electron chi connectivity index (χ3n) is 5.74. The minimum absolute atomic E-state index is 0.304. The molecule has 120 valence electrons. The van der Waals surface area contributed by atoms with E-state index >= 15 is 0 Å². The van der Waals surface area contributed by atoms with Crippen LogP contribution in [0.1, 0.15) is 51.5 Å². The summed E-state index contributed by atoms with van der Waals surface area (Å²) in [6.45, 7) is 7.84. The molecule has 1 heterocycles. The standard InChI is InChI=1S/C20H29NO/c1-16(2)9-12-21-13-11-20(10-4-3-6-18(20)15-21)17-7-5-8-19(22)14-17/h5,7-9,14,18,22H,3-4,6,10-13,15H2,1-2H3/t18-,20+/m1/s1. The van der Waals surface area contributed by atoms with Crippen LogP contribution < -0.4 is 0 Å². The molecule has 2 atom stereocenters. The number of allylic oxidation sites excluding steroid dienone is 1. The Morgan fingerprint density at radius 1 is 1.32 bits per heavy atom. The normalized spacial score (nSPS) is 28.9. The summed E-state index contributed by atoms with van der Waals surface area (Å²) in [6.07, 6.45) is 8.91. The maximum atomic E-state index is 9.91. The number of rotatable bonds is 3. The van der Waals surface area contributed by atoms with E-state index in [4.69, 9.17) is 0 Å². The molecule has 1 aromatic rings. The number of hydrogen-bond acceptors (Lipinski definition) is 2. The summed E-state index contributed by atoms with van der Waals surface area (Å²) in [7, 11) is 0. The second-order valence-corrected chi connectivity index (χ2v) is 7.44. The summed E-state index contributed by atoms with van der Waals surface area (Å²) < 4.78 is 0. The number of aromatic hydroxyl groups is 1. The van der Waals surface area contributed by atoms with Gasteiger partial charge in [0.15, 0.2) is 0 Å². The smallest absolute Gasteiger partial charge is 0.115 e. The van der Waals surface area contributed by atoms with Crippen molar-refractivity contribution in [2.24, 2.45) is 5.92 Å². The van der Waals surface area contributed by atoms with Gasteiger partial charge in [0.2, 0.25) is 0 Å². The van der Waals surface area contributed by atoms with E-state index in [0.717, 1.165) is 12.5 Å². The highest BCUT2D eigenvalue weighted by atomic mass is 16.3. The van der Waals surface area contributed by atoms with Crippen molar-refractivity contribution >= 4 is 0 Å². The van der Waals surface area contributed by atoms with Gasteiger partial charge in [0.1, 0.15) is 5.75 Å². The van der Waals surface area contributed by atoms with E-state index in [1.165, 1.54) is 56.3 Å². The minimum Gasteiger partial charge on any atom is -0.508 e. The first-order valence-electron chi connectivity index (χ1n) is 8.75. The van der Waals surface area contributed by atoms with Crippen LogP contribution in [-0.2, 0) is 5.41 Å². The number of hydrogen-bond donors (Lipinski definition) is 1. The molecular weight excluding hydrogens is 270 g/mol. The fraction of sp³-hybridized carbons (Fsp3) is 0.600. The van der Waals surface area contributed by atoms with Crippen LogP contribution in [0, 0.1) is 5.92 Å². The summed E-state index contributed by atoms with van der Waals surface area (Å²) in [5.74, 6) is 1.16. The lowest BCUT2D eigenvalue weighted by molar-refractivity contribution is 0.0626. The van der Waals surface area contributed by atoms with Crippen LogP contribution in [0.4, 0.5) is 0 Å². The van der Waals surface area contributed by atoms with Crippen molar-refractivity contribution in [3.05, 3.63) is 41.5 Å². The van der Waals surface area contributed by atoms with Crippen LogP contribution in [-0.4, -0.2) is 29.6 Å². The van der Waals surface area contributed by atoms with Crippen molar-refractivity contribution in [1.29, 1.82) is 0 Å². The summed E-state index contributed by atoms with van der Waals surface area (Å²) in [5, 5.41) is 9.91. The quantitative estimate of drug-likeness (QED) is 0.831. The first-order valence-corrected chi connectivity index (χ1v) is 8.75. The van der Waals surface area contributed by atoms with E-state index in [0.29, 0.717) is 11.2 Å². The second kappa shape index (κ2) is 6.45. The molecule has 2 fully saturated rings. The molecule has 1 N–H and O–H groups in total. The van der Waals surface area contributed by atoms with Crippen molar-refractivity contribution < 1.29 is 5.11 Å². The van der Waals surface area contributed by atoms with Gasteiger partial charge in [-0.2, -0.15) is 0 Å². The lowest BCUT2D eigenvalue weighted by Crippen LogP contribution is -2.51. The van der Waals surface area contributed by atoms with Crippen LogP contribution in [0.2, 0.25) is 0 Å². The first kappa shape index (κ1) is 15.6. The molecule has 0 amide bonds. The maximum Gasteiger partial charge on any atom is 0.115 e. The number of nitrogens with zero attached hydrogens (tertiary/aromatic N) is 1. The molecule has 1 aliphatic carbocycles. The number of phenols is 1. The largest absolute Gasteiger partial charge is 0.508 e. The van der Waals surface area contributed by atoms with Crippen molar-refractivity contribution in [1.82, 2.24) is 4.90 Å². The SMILES string of the molecule is CC(C)=CCN1CC[C@]2(c3cccc(O)c3)CCCC[C@@H]2C1. The van der Waals surface area contributed by atoms with E-state index in [2.05, 4.69) is 30.9 Å². The van der Waals surface area contributed by atoms with Crippen LogP contribution in [0.5, 0.6) is 5.75 Å². The number of piperidine rings is 1. The average Bonchev–Trinajstić information content (AvgIpc) is 2.52. The molecule has 0 spiro atoms. The van der Waals surface area contributed by atoms with E-state index in [1.807, 2.05) is 12.1 Å². The number of phenolic OH excluding ortho intramolecular Hbond substituents is 1. The monoisotopic (exact) mass is 299 g/mol. The van der Waals surface area contributed by atoms with Gasteiger partial charge >= 0.3 is 0 Å². The third kappa shape index (κ3) is 3.08. The maximum absolute atomic E-state index is 9.91. The number of benzene rings is 1. The Morgan fingerprint density at radius 3 is 2.95 bits per heavy atom. The fourth-order valence-electron chi connectivity index (χ4n) is 4.48. The van der Waals surface area contributed by atoms with Gasteiger partial charge in [-0.05, 0) is 63.3 Å². The second-order valence-electron chi connectivity index (χ2n) is 7.44. The minimum atomic E-state index is 0.304. The van der Waals surface area contributed by atoms with Gasteiger partial charge in [0, 0.05) is 18.5 Å². The van der Waals surface area contributed by atoms with Crippen LogP contribution >= 0.6 is 0 Å². The molecule has 3 rings (SSSR count). The Kier molecular flexibility index (Phi) is 4.58. The van der Waals surface area contributed by atoms with Gasteiger partial charge < -0.3 is 5.11 Å². The first-order chi connectivity index (χ1) is 10.6. The van der Waals surface area contributed by atoms with Gasteiger partial charge in [-0.3, -0.25) is 4.90 Å². The van der Waals surface area contributed by atoms with Crippen LogP contribution in [0.25, 0.3) is 0 Å². The molecule has 2 nitrogen and oxygen atoms in total. The Hall–Kier alpha value is -1.28. The Bertz CT molecular complexity index is 546. The van der Waals surface area contributed by atoms with Gasteiger partial charge in [0.25, 0.3) is 0 Å². The average molecular weight is 299 g/mol. The molecular formula is C20H29NO. The molecule has 22 heavy (non-hydrogen) atoms. The summed E-state index contributed by atoms with van der Waals surface area (Å²) in [6, 6.07) is 8.07. The third-order valence-corrected chi connectivity index (χ3v) is 5.74. The van der Waals surface area contributed by atoms with Gasteiger partial charge in [-0.15, -0.1) is 0 Å². The molecule has 1 saturated carbocycles. The van der Waals surface area contributed by atoms with Crippen molar-refractivity contribution in [2.45, 2.75) is 51.4 Å². The molecule has 0 unspecified atom stereocenters. The molecule has 2 aliphatic rings. The van der Waals surface area contributed by atoms with E-state index in [1.54, 1.807) is 6.07 Å². The molecule has 0 bridgehead atoms. The zero-order chi connectivity index (χ0) is 15.6. The zero-order valence-corrected chi connectivity index (χ0v) is 14.0. The fourth-order valence-corrected chi connectivity index (χ4v) is 4.48. The molecule has 1 aromatic carbocycles. The van der Waals surface area contributed by atoms with Gasteiger partial charge in [-0.1, -0.05) is 36.6 Å². The van der Waals surface area contributed by atoms with E-state index < -0.39 is 0 Å². The highest BCUT2D eigenvalue weighted by molar-refractivity contribution is 5.35. The zero-order valence-electron chi connectivity index (χ0n) is 14.0. The van der Waals surface area contributed by atoms with E-state index in [-0.39, 0.29) is 0 Å². The lowest BCUT2D eigenvalue weighted by Gasteiger charge is -2.51. The predicted octanol–water partition coefficient (Wildman–Crippen LogP) is 4.49. The summed E-state index contributed by atoms with van der Waals surface area (Å²) >= 11 is 0. The highest BCUT2D eigenvalue weighted by Gasteiger charge is 2.45. The molecule has 0 aromatic heterocycles. The Morgan fingerprint density at radius 2 is 2.18 bits per heavy atom. The molecule has 0 radical (unpaired) electrons.